The van der Waals surface area contributed by atoms with Gasteiger partial charge in [0.15, 0.2) is 0 Å². The molecule has 1 aliphatic carbocycles. The number of rotatable bonds is 8. The molecule has 2 aromatic rings. The second-order valence-corrected chi connectivity index (χ2v) is 7.27. The van der Waals surface area contributed by atoms with Crippen molar-refractivity contribution in [2.75, 3.05) is 14.2 Å². The summed E-state index contributed by atoms with van der Waals surface area (Å²) in [6.45, 7) is 1.95. The monoisotopic (exact) mass is 370 g/mol. The fraction of sp³-hybridized carbons (Fsp3) is 0.478. The van der Waals surface area contributed by atoms with Crippen LogP contribution in [0.25, 0.3) is 0 Å². The number of aliphatic hydroxyl groups is 1. The molecule has 1 saturated carbocycles. The summed E-state index contributed by atoms with van der Waals surface area (Å²) in [5.41, 5.74) is 2.84. The molecule has 1 aliphatic rings. The van der Waals surface area contributed by atoms with Gasteiger partial charge in [-0.1, -0.05) is 43.2 Å². The molecule has 27 heavy (non-hydrogen) atoms. The zero-order valence-corrected chi connectivity index (χ0v) is 16.5. The maximum Gasteiger partial charge on any atom is 0.125 e. The van der Waals surface area contributed by atoms with Crippen molar-refractivity contribution in [1.82, 2.24) is 0 Å². The highest BCUT2D eigenvalue weighted by Gasteiger charge is 2.28. The number of hydrogen-bond donors (Lipinski definition) is 1. The number of aliphatic hydroxyl groups excluding tert-OH is 1. The summed E-state index contributed by atoms with van der Waals surface area (Å²) in [6, 6.07) is 14.0. The lowest BCUT2D eigenvalue weighted by atomic mass is 9.96. The SMILES string of the molecule is COc1cc([C@@H](O)[C@H](Cc2ccccc2)OC2CCCC2)cc(OC)c1C. The van der Waals surface area contributed by atoms with Gasteiger partial charge in [-0.05, 0) is 43.0 Å². The Morgan fingerprint density at radius 2 is 1.59 bits per heavy atom. The van der Waals surface area contributed by atoms with Crippen LogP contribution >= 0.6 is 0 Å². The second kappa shape index (κ2) is 9.25. The molecular weight excluding hydrogens is 340 g/mol. The summed E-state index contributed by atoms with van der Waals surface area (Å²) in [7, 11) is 3.27. The third kappa shape index (κ3) is 4.82. The van der Waals surface area contributed by atoms with E-state index in [1.807, 2.05) is 37.3 Å². The first-order valence-electron chi connectivity index (χ1n) is 9.72. The molecule has 1 fully saturated rings. The number of benzene rings is 2. The van der Waals surface area contributed by atoms with Crippen molar-refractivity contribution in [3.05, 3.63) is 59.2 Å². The third-order valence-corrected chi connectivity index (χ3v) is 5.42. The smallest absolute Gasteiger partial charge is 0.125 e. The minimum atomic E-state index is -0.755. The van der Waals surface area contributed by atoms with Crippen molar-refractivity contribution in [2.24, 2.45) is 0 Å². The van der Waals surface area contributed by atoms with Crippen LogP contribution in [0.2, 0.25) is 0 Å². The molecule has 0 amide bonds. The molecule has 4 nitrogen and oxygen atoms in total. The second-order valence-electron chi connectivity index (χ2n) is 7.27. The van der Waals surface area contributed by atoms with Gasteiger partial charge < -0.3 is 19.3 Å². The van der Waals surface area contributed by atoms with E-state index in [0.717, 1.165) is 29.5 Å². The van der Waals surface area contributed by atoms with Crippen molar-refractivity contribution in [1.29, 1.82) is 0 Å². The van der Waals surface area contributed by atoms with Crippen molar-refractivity contribution < 1.29 is 19.3 Å². The van der Waals surface area contributed by atoms with E-state index in [1.54, 1.807) is 14.2 Å². The fourth-order valence-electron chi connectivity index (χ4n) is 3.84. The Balaban J connectivity index is 1.88. The maximum absolute atomic E-state index is 11.2. The van der Waals surface area contributed by atoms with Crippen LogP contribution in [0.3, 0.4) is 0 Å². The molecule has 3 rings (SSSR count). The highest BCUT2D eigenvalue weighted by molar-refractivity contribution is 5.48. The minimum Gasteiger partial charge on any atom is -0.496 e. The van der Waals surface area contributed by atoms with Crippen molar-refractivity contribution in [3.63, 3.8) is 0 Å². The molecule has 0 spiro atoms. The largest absolute Gasteiger partial charge is 0.496 e. The van der Waals surface area contributed by atoms with Crippen molar-refractivity contribution >= 4 is 0 Å². The highest BCUT2D eigenvalue weighted by Crippen LogP contribution is 2.35. The van der Waals surface area contributed by atoms with E-state index in [4.69, 9.17) is 14.2 Å². The summed E-state index contributed by atoms with van der Waals surface area (Å²) in [5.74, 6) is 1.42. The van der Waals surface area contributed by atoms with Gasteiger partial charge in [0, 0.05) is 12.0 Å². The molecule has 0 unspecified atom stereocenters. The van der Waals surface area contributed by atoms with Crippen molar-refractivity contribution in [3.8, 4) is 11.5 Å². The van der Waals surface area contributed by atoms with E-state index in [0.29, 0.717) is 17.9 Å². The summed E-state index contributed by atoms with van der Waals surface area (Å²) in [6.07, 6.45) is 4.36. The Kier molecular flexibility index (Phi) is 6.75. The molecule has 0 bridgehead atoms. The van der Waals surface area contributed by atoms with E-state index in [2.05, 4.69) is 12.1 Å². The number of methoxy groups -OCH3 is 2. The molecular formula is C23H30O4. The van der Waals surface area contributed by atoms with Crippen LogP contribution in [0.1, 0.15) is 48.5 Å². The topological polar surface area (TPSA) is 47.9 Å². The maximum atomic E-state index is 11.2. The Bertz CT molecular complexity index is 697. The Hall–Kier alpha value is -2.04. The summed E-state index contributed by atoms with van der Waals surface area (Å²) in [5, 5.41) is 11.2. The minimum absolute atomic E-state index is 0.225. The lowest BCUT2D eigenvalue weighted by Crippen LogP contribution is -2.29. The molecule has 4 heteroatoms. The van der Waals surface area contributed by atoms with Gasteiger partial charge in [0.2, 0.25) is 0 Å². The van der Waals surface area contributed by atoms with Crippen LogP contribution in [0.5, 0.6) is 11.5 Å². The molecule has 146 valence electrons. The molecule has 0 aromatic heterocycles. The fourth-order valence-corrected chi connectivity index (χ4v) is 3.84. The lowest BCUT2D eigenvalue weighted by molar-refractivity contribution is -0.0753. The standard InChI is InChI=1S/C23H30O4/c1-16-20(25-2)14-18(15-21(16)26-3)23(24)22(27-19-11-7-8-12-19)13-17-9-5-4-6-10-17/h4-6,9-10,14-15,19,22-24H,7-8,11-13H2,1-3H3/t22-,23+/m0/s1. The molecule has 0 heterocycles. The molecule has 2 atom stereocenters. The van der Waals surface area contributed by atoms with Crippen LogP contribution in [0.15, 0.2) is 42.5 Å². The molecule has 0 saturated heterocycles. The average Bonchev–Trinajstić information content (AvgIpc) is 3.21. The van der Waals surface area contributed by atoms with Crippen LogP contribution in [-0.2, 0) is 11.2 Å². The quantitative estimate of drug-likeness (QED) is 0.737. The van der Waals surface area contributed by atoms with Gasteiger partial charge in [-0.3, -0.25) is 0 Å². The first-order chi connectivity index (χ1) is 13.1. The predicted octanol–water partition coefficient (Wildman–Crippen LogP) is 4.62. The van der Waals surface area contributed by atoms with Gasteiger partial charge in [-0.2, -0.15) is 0 Å². The van der Waals surface area contributed by atoms with E-state index in [9.17, 15) is 5.11 Å². The van der Waals surface area contributed by atoms with E-state index in [-0.39, 0.29) is 12.2 Å². The zero-order valence-electron chi connectivity index (χ0n) is 16.5. The molecule has 0 radical (unpaired) electrons. The number of hydrogen-bond acceptors (Lipinski definition) is 4. The first-order valence-corrected chi connectivity index (χ1v) is 9.72. The Morgan fingerprint density at radius 3 is 2.15 bits per heavy atom. The summed E-state index contributed by atoms with van der Waals surface area (Å²) in [4.78, 5) is 0. The summed E-state index contributed by atoms with van der Waals surface area (Å²) < 4.78 is 17.3. The zero-order chi connectivity index (χ0) is 19.2. The first kappa shape index (κ1) is 19.7. The van der Waals surface area contributed by atoms with E-state index < -0.39 is 6.10 Å². The highest BCUT2D eigenvalue weighted by atomic mass is 16.5. The summed E-state index contributed by atoms with van der Waals surface area (Å²) >= 11 is 0. The van der Waals surface area contributed by atoms with Gasteiger partial charge in [0.1, 0.15) is 17.6 Å². The van der Waals surface area contributed by atoms with E-state index in [1.165, 1.54) is 12.8 Å². The van der Waals surface area contributed by atoms with Gasteiger partial charge in [0.05, 0.1) is 26.4 Å². The average molecular weight is 370 g/mol. The lowest BCUT2D eigenvalue weighted by Gasteiger charge is -2.28. The molecule has 2 aromatic carbocycles. The van der Waals surface area contributed by atoms with Crippen molar-refractivity contribution in [2.45, 2.75) is 57.3 Å². The van der Waals surface area contributed by atoms with Crippen LogP contribution in [-0.4, -0.2) is 31.5 Å². The number of ether oxygens (including phenoxy) is 3. The Morgan fingerprint density at radius 1 is 1.00 bits per heavy atom. The Labute approximate surface area is 162 Å². The van der Waals surface area contributed by atoms with Gasteiger partial charge in [-0.25, -0.2) is 0 Å². The molecule has 0 aliphatic heterocycles. The van der Waals surface area contributed by atoms with Gasteiger partial charge in [-0.15, -0.1) is 0 Å². The van der Waals surface area contributed by atoms with Crippen LogP contribution in [0, 0.1) is 6.92 Å². The third-order valence-electron chi connectivity index (χ3n) is 5.42. The van der Waals surface area contributed by atoms with Gasteiger partial charge >= 0.3 is 0 Å². The predicted molar refractivity (Wildman–Crippen MR) is 107 cm³/mol. The normalized spacial score (nSPS) is 16.9. The van der Waals surface area contributed by atoms with Gasteiger partial charge in [0.25, 0.3) is 0 Å². The van der Waals surface area contributed by atoms with Crippen LogP contribution < -0.4 is 9.47 Å². The van der Waals surface area contributed by atoms with E-state index >= 15 is 0 Å². The van der Waals surface area contributed by atoms with Crippen LogP contribution in [0.4, 0.5) is 0 Å². The molecule has 1 N–H and O–H groups in total.